The minimum Gasteiger partial charge on any atom is -0.481 e. The molecule has 9 fully saturated rings. The van der Waals surface area contributed by atoms with E-state index in [1.54, 1.807) is 0 Å². The monoisotopic (exact) mass is 1320 g/mol. The second-order valence-electron chi connectivity index (χ2n) is 29.3. The number of carbonyl (C=O) groups is 4. The van der Waals surface area contributed by atoms with E-state index in [2.05, 4.69) is 26.8 Å². The molecule has 10 aliphatic rings. The third-order valence-electron chi connectivity index (χ3n) is 23.4. The van der Waals surface area contributed by atoms with Crippen molar-refractivity contribution in [2.75, 3.05) is 33.0 Å². The molecule has 0 bridgehead atoms. The Labute approximate surface area is 531 Å². The van der Waals surface area contributed by atoms with E-state index in [9.17, 15) is 85.9 Å². The number of aliphatic hydroxyl groups excluding tert-OH is 12. The van der Waals surface area contributed by atoms with Gasteiger partial charge in [-0.05, 0) is 113 Å². The first kappa shape index (κ1) is 71.5. The lowest BCUT2D eigenvalue weighted by Gasteiger charge is -2.71. The predicted octanol–water partition coefficient (Wildman–Crippen LogP) is -2.73. The summed E-state index contributed by atoms with van der Waals surface area (Å²) in [5.41, 5.74) is -7.78. The SMILES string of the molecule is CC(=O)O[C@H]1[C@@H](OC(C)=O)[C@@H](C)O[C@@H](OC(=O)[C@]23CCC(C)(C)CC2C2=CCC4[C@@]5(C)C[C@H](O)[C@H](O[C@@H]6O[C@H](CO)[C@@H](O)[C@H](O)[C@H]6O)[C@@](C)(C(=O)O)C5CC[C@@]4(C)[C@]2(CO)CC3)[C@@H]1O[C@@H]1O[C@@H](C)[C@H](O[C@@H]2OC[C@@H](O)[C@H](O)[C@H]2O)[C@@H](O[C@@H]2OC[C@](O)(CO)[C@H]2O)[C@H]1O. The fourth-order valence-electron chi connectivity index (χ4n) is 18.2. The van der Waals surface area contributed by atoms with Crippen LogP contribution in [0, 0.1) is 50.2 Å². The van der Waals surface area contributed by atoms with E-state index < -0.39 is 236 Å². The molecule has 14 N–H and O–H groups in total. The molecule has 3 unspecified atom stereocenters. The van der Waals surface area contributed by atoms with Gasteiger partial charge in [-0.25, -0.2) is 0 Å². The first-order valence-corrected chi connectivity index (χ1v) is 32.0. The molecule has 0 spiro atoms. The molecule has 5 heterocycles. The van der Waals surface area contributed by atoms with Crippen LogP contribution in [0.1, 0.15) is 120 Å². The van der Waals surface area contributed by atoms with Crippen LogP contribution in [-0.2, 0) is 76.0 Å². The summed E-state index contributed by atoms with van der Waals surface area (Å²) in [5, 5.41) is 154. The number of esters is 3. The van der Waals surface area contributed by atoms with Gasteiger partial charge in [0.05, 0.1) is 62.2 Å². The number of aliphatic carboxylic acids is 1. The highest BCUT2D eigenvalue weighted by Gasteiger charge is 2.74. The predicted molar refractivity (Wildman–Crippen MR) is 304 cm³/mol. The van der Waals surface area contributed by atoms with Crippen molar-refractivity contribution < 1.29 is 148 Å². The summed E-state index contributed by atoms with van der Waals surface area (Å²) in [6.07, 6.45) is -34.0. The van der Waals surface area contributed by atoms with Gasteiger partial charge in [0, 0.05) is 19.3 Å². The Kier molecular flexibility index (Phi) is 20.4. The Morgan fingerprint density at radius 2 is 1.20 bits per heavy atom. The molecule has 524 valence electrons. The summed E-state index contributed by atoms with van der Waals surface area (Å²) in [5.74, 6) is -5.50. The van der Waals surface area contributed by atoms with Crippen molar-refractivity contribution in [3.05, 3.63) is 11.6 Å². The van der Waals surface area contributed by atoms with Crippen LogP contribution in [-0.4, -0.2) is 275 Å². The third kappa shape index (κ3) is 11.9. The van der Waals surface area contributed by atoms with Crippen molar-refractivity contribution in [3.63, 3.8) is 0 Å². The molecule has 5 saturated heterocycles. The molecule has 10 rings (SSSR count). The quantitative estimate of drug-likeness (QED) is 0.0323. The van der Waals surface area contributed by atoms with Crippen LogP contribution >= 0.6 is 0 Å². The maximum atomic E-state index is 16.0. The van der Waals surface area contributed by atoms with Crippen LogP contribution in [0.3, 0.4) is 0 Å². The number of aliphatic hydroxyl groups is 13. The van der Waals surface area contributed by atoms with E-state index in [0.29, 0.717) is 25.7 Å². The number of fused-ring (bicyclic) bond motifs is 7. The highest BCUT2D eigenvalue weighted by molar-refractivity contribution is 5.79. The van der Waals surface area contributed by atoms with E-state index in [0.717, 1.165) is 19.4 Å². The first-order valence-electron chi connectivity index (χ1n) is 32.0. The maximum absolute atomic E-state index is 16.0. The van der Waals surface area contributed by atoms with Gasteiger partial charge in [-0.2, -0.15) is 0 Å². The lowest BCUT2D eigenvalue weighted by molar-refractivity contribution is -0.384. The van der Waals surface area contributed by atoms with E-state index in [-0.39, 0.29) is 50.0 Å². The molecule has 30 nitrogen and oxygen atoms in total. The number of hydrogen-bond donors (Lipinski definition) is 14. The van der Waals surface area contributed by atoms with Gasteiger partial charge < -0.3 is 128 Å². The lowest BCUT2D eigenvalue weighted by atomic mass is 9.33. The van der Waals surface area contributed by atoms with E-state index in [1.165, 1.54) is 20.8 Å². The van der Waals surface area contributed by atoms with Crippen molar-refractivity contribution in [1.82, 2.24) is 0 Å². The zero-order valence-electron chi connectivity index (χ0n) is 53.3. The molecule has 0 aromatic carbocycles. The second-order valence-corrected chi connectivity index (χ2v) is 29.3. The number of carboxylic acids is 1. The summed E-state index contributed by atoms with van der Waals surface area (Å²) in [6, 6.07) is 0. The van der Waals surface area contributed by atoms with Crippen molar-refractivity contribution >= 4 is 23.9 Å². The van der Waals surface area contributed by atoms with Gasteiger partial charge in [0.2, 0.25) is 6.29 Å². The Bertz CT molecular complexity index is 2720. The molecule has 0 amide bonds. The van der Waals surface area contributed by atoms with Gasteiger partial charge in [0.25, 0.3) is 0 Å². The Morgan fingerprint density at radius 1 is 0.587 bits per heavy atom. The number of allylic oxidation sites excluding steroid dienone is 1. The zero-order valence-corrected chi connectivity index (χ0v) is 53.3. The summed E-state index contributed by atoms with van der Waals surface area (Å²) in [6.45, 7) is 11.5. The van der Waals surface area contributed by atoms with Gasteiger partial charge >= 0.3 is 23.9 Å². The fourth-order valence-corrected chi connectivity index (χ4v) is 18.2. The number of rotatable bonds is 16. The van der Waals surface area contributed by atoms with Crippen LogP contribution in [0.25, 0.3) is 0 Å². The summed E-state index contributed by atoms with van der Waals surface area (Å²) in [7, 11) is 0. The third-order valence-corrected chi connectivity index (χ3v) is 23.4. The number of hydrogen-bond acceptors (Lipinski definition) is 29. The van der Waals surface area contributed by atoms with Crippen molar-refractivity contribution in [3.8, 4) is 0 Å². The number of carbonyl (C=O) groups excluding carboxylic acids is 3. The molecule has 30 heteroatoms. The average Bonchev–Trinajstić information content (AvgIpc) is 0.727. The van der Waals surface area contributed by atoms with Crippen LogP contribution in [0.4, 0.5) is 0 Å². The molecule has 5 aliphatic heterocycles. The Morgan fingerprint density at radius 3 is 1.83 bits per heavy atom. The molecule has 0 aromatic rings. The zero-order chi connectivity index (χ0) is 67.5. The smallest absolute Gasteiger partial charge is 0.315 e. The molecular weight excluding hydrogens is 1220 g/mol. The lowest BCUT2D eigenvalue weighted by Crippen LogP contribution is -2.71. The van der Waals surface area contributed by atoms with Gasteiger partial charge in [-0.1, -0.05) is 39.3 Å². The highest BCUT2D eigenvalue weighted by atomic mass is 16.8. The van der Waals surface area contributed by atoms with Crippen LogP contribution in [0.2, 0.25) is 0 Å². The normalized spacial score (nSPS) is 51.6. The van der Waals surface area contributed by atoms with E-state index >= 15 is 4.79 Å². The van der Waals surface area contributed by atoms with Gasteiger partial charge in [0.15, 0.2) is 43.5 Å². The molecule has 0 aromatic heterocycles. The topological polar surface area (TPSA) is 462 Å². The van der Waals surface area contributed by atoms with Gasteiger partial charge in [-0.15, -0.1) is 0 Å². The van der Waals surface area contributed by atoms with Gasteiger partial charge in [0.1, 0.15) is 78.8 Å². The Hall–Kier alpha value is -3.26. The second kappa shape index (κ2) is 26.2. The average molecular weight is 1320 g/mol. The molecule has 92 heavy (non-hydrogen) atoms. The largest absolute Gasteiger partial charge is 0.481 e. The summed E-state index contributed by atoms with van der Waals surface area (Å²) < 4.78 is 72.7. The molecule has 4 saturated carbocycles. The summed E-state index contributed by atoms with van der Waals surface area (Å²) >= 11 is 0. The maximum Gasteiger partial charge on any atom is 0.315 e. The van der Waals surface area contributed by atoms with Crippen molar-refractivity contribution in [2.45, 2.75) is 267 Å². The minimum atomic E-state index is -2.23. The highest BCUT2D eigenvalue weighted by Crippen LogP contribution is 2.76. The molecule has 5 aliphatic carbocycles. The molecule has 0 radical (unpaired) electrons. The van der Waals surface area contributed by atoms with Crippen LogP contribution in [0.5, 0.6) is 0 Å². The number of ether oxygens (including phenoxy) is 12. The van der Waals surface area contributed by atoms with Crippen molar-refractivity contribution in [2.24, 2.45) is 50.2 Å². The first-order chi connectivity index (χ1) is 43.0. The van der Waals surface area contributed by atoms with Crippen molar-refractivity contribution in [1.29, 1.82) is 0 Å². The van der Waals surface area contributed by atoms with Gasteiger partial charge in [-0.3, -0.25) is 19.2 Å². The summed E-state index contributed by atoms with van der Waals surface area (Å²) in [4.78, 5) is 55.9. The fraction of sp³-hybridized carbons (Fsp3) is 0.903. The van der Waals surface area contributed by atoms with Crippen LogP contribution in [0.15, 0.2) is 11.6 Å². The van der Waals surface area contributed by atoms with Crippen LogP contribution < -0.4 is 0 Å². The number of carboxylic acid groups (broad SMARTS) is 1. The Balaban J connectivity index is 0.971. The van der Waals surface area contributed by atoms with E-state index in [4.69, 9.17) is 56.8 Å². The standard InChI is InChI=1S/C62H96O30/c1-25-42(88-49-39(73)36(70)32(69)21-81-49)44(89-53-47(76)62(80,23-65)24-82-53)41(75)51(83-25)90-46-45(86-28(4)67)43(85-27(3)66)26(2)84-52(46)92-55(79)60-15-14-56(5,6)18-30(60)29-10-11-34-57(7)19-31(68)48(91-50-40(74)38(72)37(71)33(20-63)87-50)59(9,54(77)78)35(57)12-13-58(34,8)61(29,22-64)17-16-60/h10,25-26,30-53,63-65,68-76,80H,11-24H2,1-9H3,(H,77,78)/t25-,26+,30?,31-,32+,33+,34?,35?,36-,37+,38-,39+,40+,41+,42-,43-,44-,45-,46+,47-,48-,49-,50-,51-,52-,53-,57+,58+,59-,60-,61-,62+/m0/s1. The molecule has 32 atom stereocenters. The van der Waals surface area contributed by atoms with E-state index in [1.807, 2.05) is 6.92 Å². The molecular formula is C62H96O30. The minimum absolute atomic E-state index is 0.00321.